The molecule has 1 fully saturated rings. The first-order chi connectivity index (χ1) is 14.5. The molecule has 8 nitrogen and oxygen atoms in total. The van der Waals surface area contributed by atoms with Gasteiger partial charge in [-0.15, -0.1) is 10.2 Å². The van der Waals surface area contributed by atoms with E-state index in [2.05, 4.69) is 31.4 Å². The van der Waals surface area contributed by atoms with Crippen LogP contribution >= 0.6 is 15.9 Å². The normalized spacial score (nSPS) is 20.2. The summed E-state index contributed by atoms with van der Waals surface area (Å²) in [5.74, 6) is 0.105. The van der Waals surface area contributed by atoms with Crippen LogP contribution in [0.3, 0.4) is 0 Å². The third-order valence-electron chi connectivity index (χ3n) is 5.43. The fraction of sp³-hybridized carbons (Fsp3) is 0.200. The first kappa shape index (κ1) is 18.7. The highest BCUT2D eigenvalue weighted by Crippen LogP contribution is 2.41. The lowest BCUT2D eigenvalue weighted by atomic mass is 10.1. The van der Waals surface area contributed by atoms with Gasteiger partial charge in [0.25, 0.3) is 5.91 Å². The van der Waals surface area contributed by atoms with Crippen LogP contribution in [-0.4, -0.2) is 44.7 Å². The molecule has 3 aromatic rings. The number of benzene rings is 2. The number of aromatic nitrogens is 3. The summed E-state index contributed by atoms with van der Waals surface area (Å²) in [5.41, 5.74) is 1.21. The van der Waals surface area contributed by atoms with Crippen molar-refractivity contribution in [3.8, 4) is 11.4 Å². The number of carbonyl (C=O) groups excluding carboxylic acids is 2. The number of imide groups is 1. The van der Waals surface area contributed by atoms with Crippen LogP contribution in [0.25, 0.3) is 11.4 Å². The van der Waals surface area contributed by atoms with E-state index < -0.39 is 24.1 Å². The van der Waals surface area contributed by atoms with Crippen molar-refractivity contribution in [2.24, 2.45) is 0 Å². The number of carbonyl (C=O) groups is 2. The lowest BCUT2D eigenvalue weighted by Gasteiger charge is -2.37. The molecule has 0 radical (unpaired) electrons. The van der Waals surface area contributed by atoms with Crippen LogP contribution in [0.15, 0.2) is 53.0 Å². The van der Waals surface area contributed by atoms with Gasteiger partial charge in [-0.25, -0.2) is 9.18 Å². The van der Waals surface area contributed by atoms with Crippen molar-refractivity contribution in [2.45, 2.75) is 18.8 Å². The zero-order chi connectivity index (χ0) is 21.0. The third kappa shape index (κ3) is 2.78. The van der Waals surface area contributed by atoms with Crippen molar-refractivity contribution >= 4 is 33.8 Å². The number of likely N-dealkylation sites (N-methyl/N-ethyl adjacent to an activating group) is 1. The lowest BCUT2D eigenvalue weighted by Crippen LogP contribution is -2.61. The molecule has 2 aromatic carbocycles. The van der Waals surface area contributed by atoms with Crippen LogP contribution in [0.4, 0.5) is 15.1 Å². The minimum Gasteiger partial charge on any atom is -0.320 e. The molecule has 0 bridgehead atoms. The highest BCUT2D eigenvalue weighted by molar-refractivity contribution is 9.10. The number of urea groups is 1. The van der Waals surface area contributed by atoms with Crippen LogP contribution in [-0.2, 0) is 11.3 Å². The van der Waals surface area contributed by atoms with Crippen molar-refractivity contribution in [3.63, 3.8) is 0 Å². The Hall–Kier alpha value is -3.27. The van der Waals surface area contributed by atoms with Gasteiger partial charge >= 0.3 is 6.03 Å². The Labute approximate surface area is 179 Å². The molecule has 5 rings (SSSR count). The number of halogens is 2. The third-order valence-corrected chi connectivity index (χ3v) is 5.96. The summed E-state index contributed by atoms with van der Waals surface area (Å²) in [6.45, 7) is 0.113. The molecule has 2 aliphatic rings. The Kier molecular flexibility index (Phi) is 4.31. The van der Waals surface area contributed by atoms with Crippen LogP contribution in [0.1, 0.15) is 11.7 Å². The van der Waals surface area contributed by atoms with Crippen molar-refractivity contribution in [3.05, 3.63) is 64.4 Å². The van der Waals surface area contributed by atoms with E-state index in [9.17, 15) is 14.0 Å². The number of fused-ring (bicyclic) bond motifs is 3. The number of nitrogens with zero attached hydrogens (tertiary/aromatic N) is 5. The summed E-state index contributed by atoms with van der Waals surface area (Å²) < 4.78 is 17.0. The molecule has 0 spiro atoms. The van der Waals surface area contributed by atoms with E-state index in [1.54, 1.807) is 34.7 Å². The van der Waals surface area contributed by atoms with Crippen molar-refractivity contribution in [2.75, 3.05) is 11.9 Å². The molecule has 3 amide bonds. The van der Waals surface area contributed by atoms with E-state index in [1.165, 1.54) is 11.0 Å². The van der Waals surface area contributed by atoms with Crippen LogP contribution in [0, 0.1) is 5.82 Å². The molecule has 2 unspecified atom stereocenters. The Balaban J connectivity index is 1.65. The molecule has 3 heterocycles. The van der Waals surface area contributed by atoms with E-state index in [1.807, 2.05) is 24.3 Å². The van der Waals surface area contributed by atoms with Gasteiger partial charge in [0.15, 0.2) is 11.9 Å². The molecule has 152 valence electrons. The lowest BCUT2D eigenvalue weighted by molar-refractivity contribution is -0.124. The summed E-state index contributed by atoms with van der Waals surface area (Å²) in [7, 11) is 1.61. The predicted octanol–water partition coefficient (Wildman–Crippen LogP) is 2.92. The molecular formula is C20H16BrFN6O2. The van der Waals surface area contributed by atoms with Gasteiger partial charge in [0.2, 0.25) is 5.95 Å². The van der Waals surface area contributed by atoms with Gasteiger partial charge in [-0.3, -0.25) is 14.7 Å². The highest BCUT2D eigenvalue weighted by atomic mass is 79.9. The average molecular weight is 471 g/mol. The van der Waals surface area contributed by atoms with Gasteiger partial charge in [-0.1, -0.05) is 46.3 Å². The zero-order valence-corrected chi connectivity index (χ0v) is 17.4. The highest BCUT2D eigenvalue weighted by Gasteiger charge is 2.52. The Morgan fingerprint density at radius 2 is 1.83 bits per heavy atom. The SMILES string of the molecule is CN1C(=O)NC(=O)C2C1n1c(-c3ccc(Br)cc3)nnc1N2Cc1ccccc1F. The predicted molar refractivity (Wildman–Crippen MR) is 110 cm³/mol. The first-order valence-electron chi connectivity index (χ1n) is 9.24. The van der Waals surface area contributed by atoms with E-state index in [0.29, 0.717) is 17.3 Å². The Bertz CT molecular complexity index is 1160. The van der Waals surface area contributed by atoms with Gasteiger partial charge in [0, 0.05) is 29.2 Å². The van der Waals surface area contributed by atoms with Gasteiger partial charge in [-0.05, 0) is 18.2 Å². The van der Waals surface area contributed by atoms with Crippen LogP contribution in [0.2, 0.25) is 0 Å². The molecular weight excluding hydrogens is 455 g/mol. The number of anilines is 1. The summed E-state index contributed by atoms with van der Waals surface area (Å²) >= 11 is 3.41. The fourth-order valence-electron chi connectivity index (χ4n) is 3.97. The number of hydrogen-bond donors (Lipinski definition) is 1. The second kappa shape index (κ2) is 6.91. The molecule has 30 heavy (non-hydrogen) atoms. The van der Waals surface area contributed by atoms with Crippen LogP contribution in [0.5, 0.6) is 0 Å². The fourth-order valence-corrected chi connectivity index (χ4v) is 4.24. The number of amides is 3. The quantitative estimate of drug-likeness (QED) is 0.636. The van der Waals surface area contributed by atoms with Gasteiger partial charge in [-0.2, -0.15) is 0 Å². The maximum atomic E-state index is 14.3. The smallest absolute Gasteiger partial charge is 0.320 e. The summed E-state index contributed by atoms with van der Waals surface area (Å²) in [4.78, 5) is 28.3. The van der Waals surface area contributed by atoms with E-state index in [4.69, 9.17) is 0 Å². The van der Waals surface area contributed by atoms with E-state index in [-0.39, 0.29) is 12.4 Å². The Morgan fingerprint density at radius 3 is 2.57 bits per heavy atom. The number of hydrogen-bond acceptors (Lipinski definition) is 5. The number of rotatable bonds is 3. The minimum atomic E-state index is -0.757. The largest absolute Gasteiger partial charge is 0.325 e. The first-order valence-corrected chi connectivity index (χ1v) is 10.0. The van der Waals surface area contributed by atoms with Gasteiger partial charge < -0.3 is 9.80 Å². The van der Waals surface area contributed by atoms with E-state index >= 15 is 0 Å². The molecule has 0 saturated carbocycles. The average Bonchev–Trinajstić information content (AvgIpc) is 3.28. The molecule has 1 aromatic heterocycles. The molecule has 10 heteroatoms. The van der Waals surface area contributed by atoms with Crippen molar-refractivity contribution in [1.82, 2.24) is 25.0 Å². The topological polar surface area (TPSA) is 83.4 Å². The molecule has 1 saturated heterocycles. The Morgan fingerprint density at radius 1 is 1.10 bits per heavy atom. The molecule has 2 aliphatic heterocycles. The summed E-state index contributed by atoms with van der Waals surface area (Å²) in [6.07, 6.45) is -0.651. The standard InChI is InChI=1S/C20H16BrFN6O2/c1-26-18-15(17(29)23-20(26)30)27(10-12-4-2-3-5-14(12)22)19-25-24-16(28(18)19)11-6-8-13(21)9-7-11/h2-9,15,18H,10H2,1H3,(H,23,29,30). The van der Waals surface area contributed by atoms with Gasteiger partial charge in [0.1, 0.15) is 12.0 Å². The molecule has 1 N–H and O–H groups in total. The maximum absolute atomic E-state index is 14.3. The monoisotopic (exact) mass is 470 g/mol. The second-order valence-corrected chi connectivity index (χ2v) is 8.10. The maximum Gasteiger partial charge on any atom is 0.325 e. The van der Waals surface area contributed by atoms with E-state index in [0.717, 1.165) is 10.0 Å². The van der Waals surface area contributed by atoms with Gasteiger partial charge in [0.05, 0.1) is 0 Å². The van der Waals surface area contributed by atoms with Crippen molar-refractivity contribution in [1.29, 1.82) is 0 Å². The summed E-state index contributed by atoms with van der Waals surface area (Å²) in [5, 5.41) is 11.0. The zero-order valence-electron chi connectivity index (χ0n) is 15.8. The van der Waals surface area contributed by atoms with Crippen LogP contribution < -0.4 is 10.2 Å². The van der Waals surface area contributed by atoms with Crippen molar-refractivity contribution < 1.29 is 14.0 Å². The molecule has 0 aliphatic carbocycles. The number of nitrogens with one attached hydrogen (secondary N) is 1. The second-order valence-electron chi connectivity index (χ2n) is 7.18. The molecule has 2 atom stereocenters. The minimum absolute atomic E-state index is 0.113. The summed E-state index contributed by atoms with van der Waals surface area (Å²) in [6, 6.07) is 12.6.